The summed E-state index contributed by atoms with van der Waals surface area (Å²) in [5.41, 5.74) is 2.04. The molecule has 60 valence electrons. The highest BCUT2D eigenvalue weighted by atomic mass is 16.1. The van der Waals surface area contributed by atoms with Gasteiger partial charge in [0.25, 0.3) is 5.56 Å². The van der Waals surface area contributed by atoms with Gasteiger partial charge in [-0.25, -0.2) is 0 Å². The molecule has 0 radical (unpaired) electrons. The van der Waals surface area contributed by atoms with Gasteiger partial charge in [-0.15, -0.1) is 0 Å². The minimum Gasteiger partial charge on any atom is -0.316 e. The van der Waals surface area contributed by atoms with E-state index in [9.17, 15) is 4.79 Å². The standard InChI is InChI=1S/C7H11N3O/c11-7-5-1-3-8-4-2-6(5)9-10-7/h8H,1-4H2,(H2,9,10,11). The summed E-state index contributed by atoms with van der Waals surface area (Å²) >= 11 is 0. The second-order valence-electron chi connectivity index (χ2n) is 2.79. The van der Waals surface area contributed by atoms with E-state index < -0.39 is 0 Å². The van der Waals surface area contributed by atoms with E-state index in [4.69, 9.17) is 0 Å². The molecule has 0 saturated carbocycles. The van der Waals surface area contributed by atoms with Crippen LogP contribution in [-0.2, 0) is 12.8 Å². The Balaban J connectivity index is 2.43. The van der Waals surface area contributed by atoms with Crippen LogP contribution in [0.3, 0.4) is 0 Å². The van der Waals surface area contributed by atoms with E-state index in [1.807, 2.05) is 0 Å². The van der Waals surface area contributed by atoms with Crippen LogP contribution in [0.5, 0.6) is 0 Å². The summed E-state index contributed by atoms with van der Waals surface area (Å²) in [5.74, 6) is 0. The molecular weight excluding hydrogens is 142 g/mol. The molecule has 0 fully saturated rings. The van der Waals surface area contributed by atoms with Gasteiger partial charge < -0.3 is 10.4 Å². The van der Waals surface area contributed by atoms with Crippen molar-refractivity contribution in [2.24, 2.45) is 0 Å². The van der Waals surface area contributed by atoms with Gasteiger partial charge in [0.1, 0.15) is 0 Å². The van der Waals surface area contributed by atoms with Gasteiger partial charge in [-0.1, -0.05) is 0 Å². The number of nitrogens with one attached hydrogen (secondary N) is 3. The molecule has 0 spiro atoms. The van der Waals surface area contributed by atoms with Crippen molar-refractivity contribution in [3.05, 3.63) is 21.6 Å². The predicted molar refractivity (Wildman–Crippen MR) is 41.7 cm³/mol. The maximum Gasteiger partial charge on any atom is 0.267 e. The zero-order valence-electron chi connectivity index (χ0n) is 6.24. The van der Waals surface area contributed by atoms with Crippen LogP contribution in [0.4, 0.5) is 0 Å². The Morgan fingerprint density at radius 1 is 1.09 bits per heavy atom. The summed E-state index contributed by atoms with van der Waals surface area (Å²) in [4.78, 5) is 11.1. The minimum atomic E-state index is 0.0451. The number of hydrogen-bond acceptors (Lipinski definition) is 2. The molecule has 2 rings (SSSR count). The number of hydrogen-bond donors (Lipinski definition) is 3. The molecule has 4 nitrogen and oxygen atoms in total. The molecule has 2 heterocycles. The summed E-state index contributed by atoms with van der Waals surface area (Å²) in [6.07, 6.45) is 1.77. The molecule has 3 N–H and O–H groups in total. The summed E-state index contributed by atoms with van der Waals surface area (Å²) in [6, 6.07) is 0. The van der Waals surface area contributed by atoms with Crippen molar-refractivity contribution < 1.29 is 0 Å². The summed E-state index contributed by atoms with van der Waals surface area (Å²) in [7, 11) is 0. The molecule has 0 amide bonds. The van der Waals surface area contributed by atoms with E-state index in [-0.39, 0.29) is 5.56 Å². The quantitative estimate of drug-likeness (QED) is 0.465. The zero-order valence-corrected chi connectivity index (χ0v) is 6.24. The normalized spacial score (nSPS) is 17.5. The van der Waals surface area contributed by atoms with Crippen molar-refractivity contribution >= 4 is 0 Å². The van der Waals surface area contributed by atoms with Gasteiger partial charge in [0.05, 0.1) is 0 Å². The summed E-state index contributed by atoms with van der Waals surface area (Å²) in [5, 5.41) is 8.72. The fraction of sp³-hybridized carbons (Fsp3) is 0.571. The van der Waals surface area contributed by atoms with Crippen molar-refractivity contribution in [3.8, 4) is 0 Å². The second kappa shape index (κ2) is 2.54. The molecule has 11 heavy (non-hydrogen) atoms. The lowest BCUT2D eigenvalue weighted by molar-refractivity contribution is 0.701. The summed E-state index contributed by atoms with van der Waals surface area (Å²) in [6.45, 7) is 1.87. The first-order valence-electron chi connectivity index (χ1n) is 3.87. The van der Waals surface area contributed by atoms with Crippen molar-refractivity contribution in [1.82, 2.24) is 15.5 Å². The van der Waals surface area contributed by atoms with Crippen molar-refractivity contribution in [1.29, 1.82) is 0 Å². The maximum atomic E-state index is 11.1. The van der Waals surface area contributed by atoms with Crippen LogP contribution < -0.4 is 10.9 Å². The van der Waals surface area contributed by atoms with Gasteiger partial charge in [-0.3, -0.25) is 9.89 Å². The van der Waals surface area contributed by atoms with Gasteiger partial charge in [0.2, 0.25) is 0 Å². The Labute approximate surface area is 64.0 Å². The predicted octanol–water partition coefficient (Wildman–Crippen LogP) is -0.609. The monoisotopic (exact) mass is 153 g/mol. The number of H-pyrrole nitrogens is 2. The van der Waals surface area contributed by atoms with Crippen LogP contribution in [0.25, 0.3) is 0 Å². The van der Waals surface area contributed by atoms with Gasteiger partial charge >= 0.3 is 0 Å². The van der Waals surface area contributed by atoms with Crippen LogP contribution in [0, 0.1) is 0 Å². The Morgan fingerprint density at radius 3 is 2.82 bits per heavy atom. The van der Waals surface area contributed by atoms with Crippen LogP contribution in [0.2, 0.25) is 0 Å². The van der Waals surface area contributed by atoms with Gasteiger partial charge in [-0.2, -0.15) is 0 Å². The molecule has 1 aliphatic heterocycles. The molecule has 4 heteroatoms. The zero-order chi connectivity index (χ0) is 7.68. The first-order valence-corrected chi connectivity index (χ1v) is 3.87. The van der Waals surface area contributed by atoms with Crippen LogP contribution in [0.15, 0.2) is 4.79 Å². The topological polar surface area (TPSA) is 60.7 Å². The van der Waals surface area contributed by atoms with Crippen molar-refractivity contribution in [2.75, 3.05) is 13.1 Å². The van der Waals surface area contributed by atoms with Gasteiger partial charge in [-0.05, 0) is 13.0 Å². The molecule has 0 unspecified atom stereocenters. The fourth-order valence-corrected chi connectivity index (χ4v) is 1.45. The van der Waals surface area contributed by atoms with Crippen molar-refractivity contribution in [2.45, 2.75) is 12.8 Å². The molecule has 1 aromatic rings. The molecular formula is C7H11N3O. The first kappa shape index (κ1) is 6.67. The number of fused-ring (bicyclic) bond motifs is 1. The molecule has 0 aliphatic carbocycles. The minimum absolute atomic E-state index is 0.0451. The highest BCUT2D eigenvalue weighted by Gasteiger charge is 2.11. The van der Waals surface area contributed by atoms with Crippen molar-refractivity contribution in [3.63, 3.8) is 0 Å². The lowest BCUT2D eigenvalue weighted by Crippen LogP contribution is -2.18. The maximum absolute atomic E-state index is 11.1. The average molecular weight is 153 g/mol. The third-order valence-corrected chi connectivity index (χ3v) is 2.07. The van der Waals surface area contributed by atoms with E-state index in [1.165, 1.54) is 0 Å². The molecule has 1 aromatic heterocycles. The molecule has 0 aromatic carbocycles. The molecule has 1 aliphatic rings. The Bertz CT molecular complexity index is 299. The van der Waals surface area contributed by atoms with E-state index >= 15 is 0 Å². The number of rotatable bonds is 0. The highest BCUT2D eigenvalue weighted by molar-refractivity contribution is 5.18. The van der Waals surface area contributed by atoms with Crippen LogP contribution in [-0.4, -0.2) is 23.3 Å². The third kappa shape index (κ3) is 1.09. The SMILES string of the molecule is O=c1[nH][nH]c2c1CCNCC2. The first-order chi connectivity index (χ1) is 5.38. The smallest absolute Gasteiger partial charge is 0.267 e. The Morgan fingerprint density at radius 2 is 1.91 bits per heavy atom. The highest BCUT2D eigenvalue weighted by Crippen LogP contribution is 2.03. The fourth-order valence-electron chi connectivity index (χ4n) is 1.45. The van der Waals surface area contributed by atoms with Gasteiger partial charge in [0, 0.05) is 24.2 Å². The van der Waals surface area contributed by atoms with E-state index in [1.54, 1.807) is 0 Å². The van der Waals surface area contributed by atoms with Crippen LogP contribution >= 0.6 is 0 Å². The molecule has 0 bridgehead atoms. The number of aromatic amines is 2. The molecule has 0 atom stereocenters. The van der Waals surface area contributed by atoms with E-state index in [0.29, 0.717) is 0 Å². The van der Waals surface area contributed by atoms with E-state index in [2.05, 4.69) is 15.5 Å². The average Bonchev–Trinajstić information content (AvgIpc) is 2.25. The van der Waals surface area contributed by atoms with E-state index in [0.717, 1.165) is 37.2 Å². The lowest BCUT2D eigenvalue weighted by atomic mass is 10.2. The Kier molecular flexibility index (Phi) is 1.54. The lowest BCUT2D eigenvalue weighted by Gasteiger charge is -1.93. The van der Waals surface area contributed by atoms with Crippen LogP contribution in [0.1, 0.15) is 11.3 Å². The summed E-state index contributed by atoms with van der Waals surface area (Å²) < 4.78 is 0. The Hall–Kier alpha value is -1.03. The molecule has 0 saturated heterocycles. The van der Waals surface area contributed by atoms with Gasteiger partial charge in [0.15, 0.2) is 0 Å². The largest absolute Gasteiger partial charge is 0.316 e. The third-order valence-electron chi connectivity index (χ3n) is 2.07. The second-order valence-corrected chi connectivity index (χ2v) is 2.79. The number of aromatic nitrogens is 2.